The van der Waals surface area contributed by atoms with E-state index >= 15 is 0 Å². The fraction of sp³-hybridized carbons (Fsp3) is 0.394. The second-order valence-corrected chi connectivity index (χ2v) is 13.1. The van der Waals surface area contributed by atoms with Crippen LogP contribution in [0.1, 0.15) is 50.2 Å². The summed E-state index contributed by atoms with van der Waals surface area (Å²) in [4.78, 5) is 40.0. The monoisotopic (exact) mass is 652 g/mol. The number of methoxy groups -OCH3 is 2. The van der Waals surface area contributed by atoms with Gasteiger partial charge in [0.1, 0.15) is 24.1 Å². The summed E-state index contributed by atoms with van der Waals surface area (Å²) < 4.78 is 39.9. The van der Waals surface area contributed by atoms with Crippen molar-refractivity contribution in [2.75, 3.05) is 25.1 Å². The molecule has 1 saturated carbocycles. The van der Waals surface area contributed by atoms with Gasteiger partial charge in [-0.15, -0.1) is 0 Å². The molecule has 0 radical (unpaired) electrons. The van der Waals surface area contributed by atoms with Gasteiger partial charge in [-0.25, -0.2) is 8.42 Å². The fourth-order valence-electron chi connectivity index (χ4n) is 5.61. The van der Waals surface area contributed by atoms with E-state index in [1.54, 1.807) is 43.3 Å². The Morgan fingerprint density at radius 3 is 2.28 bits per heavy atom. The van der Waals surface area contributed by atoms with Gasteiger partial charge in [-0.1, -0.05) is 38.0 Å². The minimum atomic E-state index is -4.51. The average Bonchev–Trinajstić information content (AvgIpc) is 3.56. The third-order valence-corrected chi connectivity index (χ3v) is 9.95. The van der Waals surface area contributed by atoms with Crippen LogP contribution in [-0.4, -0.2) is 62.9 Å². The number of aryl methyl sites for hydroxylation is 1. The highest BCUT2D eigenvalue weighted by molar-refractivity contribution is 7.92. The summed E-state index contributed by atoms with van der Waals surface area (Å²) in [6.45, 7) is 2.65. The van der Waals surface area contributed by atoms with Gasteiger partial charge < -0.3 is 19.7 Å². The predicted molar refractivity (Wildman–Crippen MR) is 173 cm³/mol. The van der Waals surface area contributed by atoms with Gasteiger partial charge in [0.15, 0.2) is 0 Å². The zero-order valence-electron chi connectivity index (χ0n) is 26.5. The van der Waals surface area contributed by atoms with E-state index in [0.29, 0.717) is 22.6 Å². The topological polar surface area (TPSA) is 148 Å². The van der Waals surface area contributed by atoms with E-state index in [9.17, 15) is 28.1 Å². The maximum atomic E-state index is 14.3. The van der Waals surface area contributed by atoms with Crippen molar-refractivity contribution in [1.29, 1.82) is 0 Å². The highest BCUT2D eigenvalue weighted by Gasteiger charge is 2.35. The average molecular weight is 653 g/mol. The second kappa shape index (κ2) is 15.1. The normalized spacial score (nSPS) is 13.9. The third kappa shape index (κ3) is 7.94. The Kier molecular flexibility index (Phi) is 11.2. The Bertz CT molecular complexity index is 1660. The lowest BCUT2D eigenvalue weighted by Crippen LogP contribution is -2.53. The molecule has 0 unspecified atom stereocenters. The maximum absolute atomic E-state index is 14.3. The number of nitro groups is 1. The molecule has 13 heteroatoms. The Morgan fingerprint density at radius 1 is 1.00 bits per heavy atom. The van der Waals surface area contributed by atoms with Gasteiger partial charge in [-0.3, -0.25) is 24.0 Å². The number of nitrogens with zero attached hydrogens (tertiary/aromatic N) is 3. The van der Waals surface area contributed by atoms with Crippen molar-refractivity contribution in [2.24, 2.45) is 0 Å². The van der Waals surface area contributed by atoms with Crippen LogP contribution in [0.3, 0.4) is 0 Å². The number of carbonyl (C=O) groups excluding carboxylic acids is 2. The molecule has 0 aromatic heterocycles. The van der Waals surface area contributed by atoms with Crippen molar-refractivity contribution in [1.82, 2.24) is 10.2 Å². The van der Waals surface area contributed by atoms with Crippen LogP contribution in [0.2, 0.25) is 0 Å². The predicted octanol–water partition coefficient (Wildman–Crippen LogP) is 4.98. The molecule has 46 heavy (non-hydrogen) atoms. The van der Waals surface area contributed by atoms with Gasteiger partial charge >= 0.3 is 0 Å². The van der Waals surface area contributed by atoms with Crippen molar-refractivity contribution >= 4 is 33.2 Å². The molecule has 3 aromatic rings. The molecule has 1 aliphatic rings. The SMILES string of the molecule is CC[C@@H](C(=O)NC1CCCC1)N(Cc1cccc(OC)c1)C(=O)CN(c1ccc(OC)cc1)S(=O)(=O)c1ccc(C)c([N+](=O)[O-])c1. The lowest BCUT2D eigenvalue weighted by Gasteiger charge is -2.34. The molecule has 0 aliphatic heterocycles. The molecular weight excluding hydrogens is 612 g/mol. The third-order valence-electron chi connectivity index (χ3n) is 8.18. The van der Waals surface area contributed by atoms with E-state index < -0.39 is 33.4 Å². The number of ether oxygens (including phenoxy) is 2. The van der Waals surface area contributed by atoms with Crippen LogP contribution < -0.4 is 19.1 Å². The summed E-state index contributed by atoms with van der Waals surface area (Å²) in [6.07, 6.45) is 4.03. The lowest BCUT2D eigenvalue weighted by atomic mass is 10.1. The summed E-state index contributed by atoms with van der Waals surface area (Å²) in [5.41, 5.74) is 0.755. The molecule has 246 valence electrons. The summed E-state index contributed by atoms with van der Waals surface area (Å²) in [7, 11) is -1.51. The fourth-order valence-corrected chi connectivity index (χ4v) is 7.04. The molecule has 2 amide bonds. The van der Waals surface area contributed by atoms with Crippen LogP contribution >= 0.6 is 0 Å². The zero-order chi connectivity index (χ0) is 33.4. The van der Waals surface area contributed by atoms with E-state index in [1.807, 2.05) is 0 Å². The maximum Gasteiger partial charge on any atom is 0.273 e. The lowest BCUT2D eigenvalue weighted by molar-refractivity contribution is -0.385. The zero-order valence-corrected chi connectivity index (χ0v) is 27.3. The molecule has 0 spiro atoms. The van der Waals surface area contributed by atoms with E-state index in [2.05, 4.69) is 5.32 Å². The number of hydrogen-bond acceptors (Lipinski definition) is 8. The molecule has 0 heterocycles. The Morgan fingerprint density at radius 2 is 1.67 bits per heavy atom. The van der Waals surface area contributed by atoms with Crippen LogP contribution in [0.4, 0.5) is 11.4 Å². The van der Waals surface area contributed by atoms with E-state index in [4.69, 9.17) is 9.47 Å². The largest absolute Gasteiger partial charge is 0.497 e. The van der Waals surface area contributed by atoms with Gasteiger partial charge in [0.25, 0.3) is 15.7 Å². The van der Waals surface area contributed by atoms with Crippen molar-refractivity contribution in [3.05, 3.63) is 88.0 Å². The van der Waals surface area contributed by atoms with Gasteiger partial charge in [0.05, 0.1) is 29.7 Å². The van der Waals surface area contributed by atoms with Gasteiger partial charge in [0.2, 0.25) is 11.8 Å². The highest BCUT2D eigenvalue weighted by atomic mass is 32.2. The summed E-state index contributed by atoms with van der Waals surface area (Å²) in [5, 5.41) is 14.8. The number of amides is 2. The Hall–Kier alpha value is -4.65. The van der Waals surface area contributed by atoms with Gasteiger partial charge in [-0.05, 0) is 74.2 Å². The molecule has 1 N–H and O–H groups in total. The van der Waals surface area contributed by atoms with E-state index in [0.717, 1.165) is 36.1 Å². The van der Waals surface area contributed by atoms with E-state index in [1.165, 1.54) is 50.3 Å². The van der Waals surface area contributed by atoms with E-state index in [-0.39, 0.29) is 41.2 Å². The first-order chi connectivity index (χ1) is 22.0. The first kappa shape index (κ1) is 34.2. The number of nitrogens with one attached hydrogen (secondary N) is 1. The van der Waals surface area contributed by atoms with Crippen LogP contribution in [0, 0.1) is 17.0 Å². The number of rotatable bonds is 14. The van der Waals surface area contributed by atoms with Crippen molar-refractivity contribution in [3.63, 3.8) is 0 Å². The Labute approximate surface area is 269 Å². The number of anilines is 1. The highest BCUT2D eigenvalue weighted by Crippen LogP contribution is 2.30. The second-order valence-electron chi connectivity index (χ2n) is 11.2. The Balaban J connectivity index is 1.77. The summed E-state index contributed by atoms with van der Waals surface area (Å²) in [5.74, 6) is 0.0975. The molecule has 3 aromatic carbocycles. The molecule has 1 aliphatic carbocycles. The first-order valence-electron chi connectivity index (χ1n) is 15.1. The molecule has 0 saturated heterocycles. The minimum absolute atomic E-state index is 0.0130. The molecule has 1 atom stereocenters. The number of hydrogen-bond donors (Lipinski definition) is 1. The van der Waals surface area contributed by atoms with Gasteiger partial charge in [0, 0.05) is 24.2 Å². The quantitative estimate of drug-likeness (QED) is 0.189. The van der Waals surface area contributed by atoms with Gasteiger partial charge in [-0.2, -0.15) is 0 Å². The molecule has 1 fully saturated rings. The number of benzene rings is 3. The van der Waals surface area contributed by atoms with Crippen LogP contribution in [0.25, 0.3) is 0 Å². The molecule has 4 rings (SSSR count). The summed E-state index contributed by atoms with van der Waals surface area (Å²) in [6, 6.07) is 15.9. The van der Waals surface area contributed by atoms with Crippen LogP contribution in [-0.2, 0) is 26.2 Å². The van der Waals surface area contributed by atoms with Crippen LogP contribution in [0.15, 0.2) is 71.6 Å². The van der Waals surface area contributed by atoms with Crippen molar-refractivity contribution < 1.29 is 32.4 Å². The van der Waals surface area contributed by atoms with Crippen LogP contribution in [0.5, 0.6) is 11.5 Å². The molecule has 0 bridgehead atoms. The minimum Gasteiger partial charge on any atom is -0.497 e. The number of nitro benzene ring substituents is 1. The van der Waals surface area contributed by atoms with Crippen molar-refractivity contribution in [2.45, 2.75) is 69.5 Å². The first-order valence-corrected chi connectivity index (χ1v) is 16.6. The summed E-state index contributed by atoms with van der Waals surface area (Å²) >= 11 is 0. The van der Waals surface area contributed by atoms with Crippen molar-refractivity contribution in [3.8, 4) is 11.5 Å². The molecule has 12 nitrogen and oxygen atoms in total. The smallest absolute Gasteiger partial charge is 0.273 e. The number of carbonyl (C=O) groups is 2. The molecular formula is C33H40N4O8S. The standard InChI is InChI=1S/C33H40N4O8S/c1-5-30(33(39)34-25-10-6-7-11-25)35(21-24-9-8-12-28(19-24)45-4)32(38)22-36(26-14-16-27(44-3)17-15-26)46(42,43)29-18-13-23(2)31(20-29)37(40)41/h8-9,12-20,25,30H,5-7,10-11,21-22H2,1-4H3,(H,34,39)/t30-/m0/s1. The number of sulfonamides is 1.